The molecular formula is C13H17N3O2S. The number of anilines is 1. The molecule has 1 aromatic heterocycles. The number of nitrogens with two attached hydrogens (primary N) is 1. The van der Waals surface area contributed by atoms with Crippen molar-refractivity contribution < 1.29 is 8.42 Å². The van der Waals surface area contributed by atoms with Crippen LogP contribution < -0.4 is 5.73 Å². The monoisotopic (exact) mass is 279 g/mol. The highest BCUT2D eigenvalue weighted by Gasteiger charge is 2.28. The highest BCUT2D eigenvalue weighted by atomic mass is 32.2. The zero-order valence-corrected chi connectivity index (χ0v) is 11.7. The predicted octanol–water partition coefficient (Wildman–Crippen LogP) is 1.68. The van der Waals surface area contributed by atoms with Gasteiger partial charge in [0.2, 0.25) is 5.95 Å². The summed E-state index contributed by atoms with van der Waals surface area (Å²) in [5, 5.41) is 0. The van der Waals surface area contributed by atoms with E-state index >= 15 is 0 Å². The minimum atomic E-state index is -2.96. The lowest BCUT2D eigenvalue weighted by molar-refractivity contribution is 0.483. The summed E-state index contributed by atoms with van der Waals surface area (Å²) < 4.78 is 25.4. The van der Waals surface area contributed by atoms with Crippen molar-refractivity contribution >= 4 is 26.8 Å². The quantitative estimate of drug-likeness (QED) is 0.861. The standard InChI is InChI=1S/C13H17N3O2S/c1-9-4-5-12-11(7-9)15-13(14)16(12)10-3-2-6-19(17,18)8-10/h4-5,7,10H,2-3,6,8H2,1H3,(H2,14,15). The summed E-state index contributed by atoms with van der Waals surface area (Å²) in [5.74, 6) is 0.855. The van der Waals surface area contributed by atoms with E-state index in [4.69, 9.17) is 5.73 Å². The Labute approximate surface area is 112 Å². The van der Waals surface area contributed by atoms with Gasteiger partial charge < -0.3 is 10.3 Å². The van der Waals surface area contributed by atoms with Gasteiger partial charge in [0.1, 0.15) is 0 Å². The molecular weight excluding hydrogens is 262 g/mol. The third kappa shape index (κ3) is 2.20. The molecule has 1 aliphatic heterocycles. The number of imidazole rings is 1. The summed E-state index contributed by atoms with van der Waals surface area (Å²) in [6.07, 6.45) is 1.53. The van der Waals surface area contributed by atoms with Gasteiger partial charge in [-0.15, -0.1) is 0 Å². The van der Waals surface area contributed by atoms with Crippen LogP contribution in [0.1, 0.15) is 24.4 Å². The van der Waals surface area contributed by atoms with E-state index in [0.29, 0.717) is 12.4 Å². The van der Waals surface area contributed by atoms with E-state index in [-0.39, 0.29) is 17.5 Å². The van der Waals surface area contributed by atoms with Crippen LogP contribution in [0.15, 0.2) is 18.2 Å². The van der Waals surface area contributed by atoms with Crippen molar-refractivity contribution in [3.63, 3.8) is 0 Å². The average Bonchev–Trinajstić information content (AvgIpc) is 2.62. The van der Waals surface area contributed by atoms with Crippen molar-refractivity contribution in [2.75, 3.05) is 17.2 Å². The van der Waals surface area contributed by atoms with Crippen LogP contribution in [0.3, 0.4) is 0 Å². The van der Waals surface area contributed by atoms with Gasteiger partial charge in [-0.25, -0.2) is 13.4 Å². The first kappa shape index (κ1) is 12.5. The van der Waals surface area contributed by atoms with Crippen molar-refractivity contribution in [2.45, 2.75) is 25.8 Å². The van der Waals surface area contributed by atoms with Crippen LogP contribution in [0, 0.1) is 6.92 Å². The maximum absolute atomic E-state index is 11.8. The number of hydrogen-bond acceptors (Lipinski definition) is 4. The molecule has 1 saturated heterocycles. The SMILES string of the molecule is Cc1ccc2c(c1)nc(N)n2C1CCCS(=O)(=O)C1. The van der Waals surface area contributed by atoms with Gasteiger partial charge in [-0.3, -0.25) is 0 Å². The smallest absolute Gasteiger partial charge is 0.201 e. The molecule has 3 rings (SSSR count). The number of aromatic nitrogens is 2. The molecule has 2 heterocycles. The Morgan fingerprint density at radius 1 is 1.42 bits per heavy atom. The van der Waals surface area contributed by atoms with Gasteiger partial charge in [-0.05, 0) is 37.5 Å². The second kappa shape index (κ2) is 4.23. The van der Waals surface area contributed by atoms with E-state index in [2.05, 4.69) is 4.98 Å². The van der Waals surface area contributed by atoms with E-state index in [9.17, 15) is 8.42 Å². The largest absolute Gasteiger partial charge is 0.369 e. The Morgan fingerprint density at radius 2 is 2.21 bits per heavy atom. The Morgan fingerprint density at radius 3 is 2.95 bits per heavy atom. The Balaban J connectivity index is 2.12. The van der Waals surface area contributed by atoms with Gasteiger partial charge in [0, 0.05) is 0 Å². The van der Waals surface area contributed by atoms with Crippen LogP contribution >= 0.6 is 0 Å². The Hall–Kier alpha value is -1.56. The highest BCUT2D eigenvalue weighted by Crippen LogP contribution is 2.30. The molecule has 1 aromatic carbocycles. The average molecular weight is 279 g/mol. The van der Waals surface area contributed by atoms with E-state index in [1.165, 1.54) is 0 Å². The summed E-state index contributed by atoms with van der Waals surface area (Å²) in [5.41, 5.74) is 8.85. The molecule has 0 aliphatic carbocycles. The molecule has 0 radical (unpaired) electrons. The summed E-state index contributed by atoms with van der Waals surface area (Å²) >= 11 is 0. The topological polar surface area (TPSA) is 78.0 Å². The van der Waals surface area contributed by atoms with Crippen LogP contribution in [0.2, 0.25) is 0 Å². The van der Waals surface area contributed by atoms with Gasteiger partial charge in [-0.1, -0.05) is 6.07 Å². The first-order valence-electron chi connectivity index (χ1n) is 6.41. The molecule has 1 atom stereocenters. The molecule has 0 saturated carbocycles. The van der Waals surface area contributed by atoms with Crippen molar-refractivity contribution in [2.24, 2.45) is 0 Å². The fraction of sp³-hybridized carbons (Fsp3) is 0.462. The van der Waals surface area contributed by atoms with Crippen molar-refractivity contribution in [1.82, 2.24) is 9.55 Å². The molecule has 0 amide bonds. The summed E-state index contributed by atoms with van der Waals surface area (Å²) in [6, 6.07) is 5.85. The number of rotatable bonds is 1. The number of sulfone groups is 1. The first-order chi connectivity index (χ1) is 8.96. The van der Waals surface area contributed by atoms with Gasteiger partial charge in [0.15, 0.2) is 9.84 Å². The molecule has 2 N–H and O–H groups in total. The number of aryl methyl sites for hydroxylation is 1. The van der Waals surface area contributed by atoms with Crippen molar-refractivity contribution in [1.29, 1.82) is 0 Å². The molecule has 1 aliphatic rings. The summed E-state index contributed by atoms with van der Waals surface area (Å²) in [7, 11) is -2.96. The Bertz CT molecular complexity index is 734. The van der Waals surface area contributed by atoms with Crippen LogP contribution in [0.25, 0.3) is 11.0 Å². The maximum atomic E-state index is 11.8. The third-order valence-electron chi connectivity index (χ3n) is 3.68. The Kier molecular flexibility index (Phi) is 2.78. The van der Waals surface area contributed by atoms with Gasteiger partial charge in [0.25, 0.3) is 0 Å². The second-order valence-corrected chi connectivity index (χ2v) is 7.47. The lowest BCUT2D eigenvalue weighted by Crippen LogP contribution is -2.28. The summed E-state index contributed by atoms with van der Waals surface area (Å²) in [6.45, 7) is 2.00. The maximum Gasteiger partial charge on any atom is 0.201 e. The van der Waals surface area contributed by atoms with Gasteiger partial charge >= 0.3 is 0 Å². The van der Waals surface area contributed by atoms with E-state index in [1.807, 2.05) is 29.7 Å². The summed E-state index contributed by atoms with van der Waals surface area (Å²) in [4.78, 5) is 4.34. The molecule has 6 heteroatoms. The van der Waals surface area contributed by atoms with E-state index in [1.54, 1.807) is 0 Å². The normalized spacial score (nSPS) is 22.7. The molecule has 102 valence electrons. The number of hydrogen-bond donors (Lipinski definition) is 1. The van der Waals surface area contributed by atoms with Crippen LogP contribution in [-0.2, 0) is 9.84 Å². The van der Waals surface area contributed by atoms with Crippen molar-refractivity contribution in [3.05, 3.63) is 23.8 Å². The van der Waals surface area contributed by atoms with Crippen LogP contribution in [0.4, 0.5) is 5.95 Å². The zero-order chi connectivity index (χ0) is 13.6. The van der Waals surface area contributed by atoms with Gasteiger partial charge in [0.05, 0.1) is 28.6 Å². The molecule has 1 fully saturated rings. The van der Waals surface area contributed by atoms with E-state index in [0.717, 1.165) is 23.0 Å². The molecule has 5 nitrogen and oxygen atoms in total. The number of nitrogens with zero attached hydrogens (tertiary/aromatic N) is 2. The van der Waals surface area contributed by atoms with Crippen molar-refractivity contribution in [3.8, 4) is 0 Å². The predicted molar refractivity (Wildman–Crippen MR) is 75.8 cm³/mol. The zero-order valence-electron chi connectivity index (χ0n) is 10.8. The fourth-order valence-corrected chi connectivity index (χ4v) is 4.49. The second-order valence-electron chi connectivity index (χ2n) is 5.24. The number of nitrogen functional groups attached to an aromatic ring is 1. The molecule has 2 aromatic rings. The number of fused-ring (bicyclic) bond motifs is 1. The minimum Gasteiger partial charge on any atom is -0.369 e. The fourth-order valence-electron chi connectivity index (χ4n) is 2.81. The number of benzene rings is 1. The van der Waals surface area contributed by atoms with Crippen LogP contribution in [0.5, 0.6) is 0 Å². The molecule has 0 spiro atoms. The lowest BCUT2D eigenvalue weighted by atomic mass is 10.1. The van der Waals surface area contributed by atoms with E-state index < -0.39 is 9.84 Å². The lowest BCUT2D eigenvalue weighted by Gasteiger charge is -2.24. The molecule has 19 heavy (non-hydrogen) atoms. The molecule has 0 bridgehead atoms. The van der Waals surface area contributed by atoms with Crippen LogP contribution in [-0.4, -0.2) is 29.5 Å². The highest BCUT2D eigenvalue weighted by molar-refractivity contribution is 7.91. The molecule has 1 unspecified atom stereocenters. The van der Waals surface area contributed by atoms with Gasteiger partial charge in [-0.2, -0.15) is 0 Å². The minimum absolute atomic E-state index is 0.0912. The first-order valence-corrected chi connectivity index (χ1v) is 8.23. The third-order valence-corrected chi connectivity index (χ3v) is 5.48.